The van der Waals surface area contributed by atoms with Gasteiger partial charge in [-0.15, -0.1) is 0 Å². The lowest BCUT2D eigenvalue weighted by molar-refractivity contribution is 1.06. The number of fused-ring (bicyclic) bond motifs is 1. The van der Waals surface area contributed by atoms with Gasteiger partial charge >= 0.3 is 0 Å². The number of nitrogens with one attached hydrogen (secondary N) is 1. The molecule has 0 spiro atoms. The minimum atomic E-state index is 0.772. The molecule has 0 aliphatic rings. The molecule has 0 fully saturated rings. The van der Waals surface area contributed by atoms with Crippen molar-refractivity contribution in [2.24, 2.45) is 0 Å². The fraction of sp³-hybridized carbons (Fsp3) is 0.176. The van der Waals surface area contributed by atoms with Crippen molar-refractivity contribution in [3.63, 3.8) is 0 Å². The molecule has 3 aromatic rings. The average molecular weight is 278 g/mol. The van der Waals surface area contributed by atoms with Crippen molar-refractivity contribution in [2.75, 3.05) is 24.3 Å². The maximum atomic E-state index is 4.39. The molecule has 2 heterocycles. The fourth-order valence-electron chi connectivity index (χ4n) is 2.19. The molecular formula is C17H18N4. The lowest BCUT2D eigenvalue weighted by Gasteiger charge is -2.12. The van der Waals surface area contributed by atoms with E-state index in [0.29, 0.717) is 0 Å². The molecule has 4 heteroatoms. The van der Waals surface area contributed by atoms with E-state index >= 15 is 0 Å². The zero-order valence-electron chi connectivity index (χ0n) is 12.2. The number of pyridine rings is 2. The smallest absolute Gasteiger partial charge is 0.128 e. The summed E-state index contributed by atoms with van der Waals surface area (Å²) in [5, 5.41) is 4.56. The summed E-state index contributed by atoms with van der Waals surface area (Å²) in [7, 11) is 3.97. The van der Waals surface area contributed by atoms with E-state index in [2.05, 4.69) is 39.6 Å². The summed E-state index contributed by atoms with van der Waals surface area (Å²) in [5.41, 5.74) is 3.28. The number of anilines is 2. The lowest BCUT2D eigenvalue weighted by Crippen LogP contribution is -2.10. The zero-order valence-corrected chi connectivity index (χ0v) is 12.2. The van der Waals surface area contributed by atoms with Crippen molar-refractivity contribution in [2.45, 2.75) is 6.54 Å². The van der Waals surface area contributed by atoms with Crippen LogP contribution in [-0.4, -0.2) is 24.1 Å². The van der Waals surface area contributed by atoms with Crippen LogP contribution in [0.2, 0.25) is 0 Å². The summed E-state index contributed by atoms with van der Waals surface area (Å²) in [4.78, 5) is 10.7. The molecule has 2 aromatic heterocycles. The van der Waals surface area contributed by atoms with Crippen LogP contribution in [-0.2, 0) is 6.54 Å². The van der Waals surface area contributed by atoms with Crippen molar-refractivity contribution >= 4 is 22.4 Å². The van der Waals surface area contributed by atoms with Crippen LogP contribution >= 0.6 is 0 Å². The van der Waals surface area contributed by atoms with Crippen LogP contribution in [0, 0.1) is 0 Å². The first-order valence-electron chi connectivity index (χ1n) is 6.93. The topological polar surface area (TPSA) is 41.0 Å². The monoisotopic (exact) mass is 278 g/mol. The third kappa shape index (κ3) is 3.11. The molecule has 0 aliphatic carbocycles. The van der Waals surface area contributed by atoms with Crippen LogP contribution in [0.15, 0.2) is 54.9 Å². The summed E-state index contributed by atoms with van der Waals surface area (Å²) >= 11 is 0. The highest BCUT2D eigenvalue weighted by molar-refractivity contribution is 5.78. The molecule has 0 aliphatic heterocycles. The van der Waals surface area contributed by atoms with E-state index in [9.17, 15) is 0 Å². The lowest BCUT2D eigenvalue weighted by atomic mass is 10.1. The highest BCUT2D eigenvalue weighted by atomic mass is 15.1. The first-order valence-corrected chi connectivity index (χ1v) is 6.93. The Hall–Kier alpha value is -2.62. The highest BCUT2D eigenvalue weighted by Crippen LogP contribution is 2.16. The molecule has 0 bridgehead atoms. The Bertz CT molecular complexity index is 735. The zero-order chi connectivity index (χ0) is 14.7. The van der Waals surface area contributed by atoms with Crippen LogP contribution in [0.1, 0.15) is 5.56 Å². The van der Waals surface area contributed by atoms with Gasteiger partial charge in [-0.1, -0.05) is 12.1 Å². The Morgan fingerprint density at radius 2 is 1.95 bits per heavy atom. The average Bonchev–Trinajstić information content (AvgIpc) is 2.53. The molecule has 21 heavy (non-hydrogen) atoms. The minimum absolute atomic E-state index is 0.772. The number of aromatic nitrogens is 2. The van der Waals surface area contributed by atoms with Gasteiger partial charge in [-0.3, -0.25) is 4.98 Å². The maximum Gasteiger partial charge on any atom is 0.128 e. The second-order valence-corrected chi connectivity index (χ2v) is 5.18. The van der Waals surface area contributed by atoms with Gasteiger partial charge in [0.25, 0.3) is 0 Å². The molecule has 0 saturated heterocycles. The predicted molar refractivity (Wildman–Crippen MR) is 87.6 cm³/mol. The molecule has 106 valence electrons. The van der Waals surface area contributed by atoms with Gasteiger partial charge in [0.2, 0.25) is 0 Å². The Morgan fingerprint density at radius 3 is 2.71 bits per heavy atom. The first-order chi connectivity index (χ1) is 10.2. The van der Waals surface area contributed by atoms with Gasteiger partial charge in [-0.05, 0) is 35.9 Å². The van der Waals surface area contributed by atoms with E-state index in [-0.39, 0.29) is 0 Å². The van der Waals surface area contributed by atoms with E-state index in [1.807, 2.05) is 49.6 Å². The molecule has 4 nitrogen and oxygen atoms in total. The number of hydrogen-bond donors (Lipinski definition) is 1. The van der Waals surface area contributed by atoms with Crippen molar-refractivity contribution in [3.8, 4) is 0 Å². The largest absolute Gasteiger partial charge is 0.380 e. The van der Waals surface area contributed by atoms with Crippen LogP contribution in [0.25, 0.3) is 10.9 Å². The van der Waals surface area contributed by atoms with Gasteiger partial charge in [-0.25, -0.2) is 4.98 Å². The van der Waals surface area contributed by atoms with Gasteiger partial charge in [0.05, 0.1) is 17.4 Å². The molecule has 0 atom stereocenters. The Balaban J connectivity index is 1.71. The number of nitrogens with zero attached hydrogens (tertiary/aromatic N) is 3. The van der Waals surface area contributed by atoms with E-state index in [4.69, 9.17) is 0 Å². The second-order valence-electron chi connectivity index (χ2n) is 5.18. The van der Waals surface area contributed by atoms with Gasteiger partial charge in [0.15, 0.2) is 0 Å². The van der Waals surface area contributed by atoms with Crippen LogP contribution in [0.5, 0.6) is 0 Å². The number of rotatable bonds is 4. The summed E-state index contributed by atoms with van der Waals surface area (Å²) in [6, 6.07) is 14.4. The molecule has 0 saturated carbocycles. The molecule has 0 radical (unpaired) electrons. The third-order valence-electron chi connectivity index (χ3n) is 3.37. The molecule has 3 rings (SSSR count). The highest BCUT2D eigenvalue weighted by Gasteiger charge is 1.99. The van der Waals surface area contributed by atoms with Crippen LogP contribution in [0.4, 0.5) is 11.5 Å². The Kier molecular flexibility index (Phi) is 3.69. The quantitative estimate of drug-likeness (QED) is 0.795. The van der Waals surface area contributed by atoms with Gasteiger partial charge in [0.1, 0.15) is 5.82 Å². The summed E-state index contributed by atoms with van der Waals surface area (Å²) in [6.07, 6.45) is 3.68. The van der Waals surface area contributed by atoms with Crippen molar-refractivity contribution in [3.05, 3.63) is 60.4 Å². The van der Waals surface area contributed by atoms with Crippen molar-refractivity contribution in [1.29, 1.82) is 0 Å². The van der Waals surface area contributed by atoms with E-state index in [1.54, 1.807) is 0 Å². The van der Waals surface area contributed by atoms with Crippen LogP contribution < -0.4 is 10.2 Å². The molecule has 0 amide bonds. The van der Waals surface area contributed by atoms with E-state index < -0.39 is 0 Å². The summed E-state index contributed by atoms with van der Waals surface area (Å²) < 4.78 is 0. The first kappa shape index (κ1) is 13.4. The van der Waals surface area contributed by atoms with Gasteiger partial charge in [-0.2, -0.15) is 0 Å². The molecule has 1 aromatic carbocycles. The van der Waals surface area contributed by atoms with Crippen LogP contribution in [0.3, 0.4) is 0 Å². The number of benzene rings is 1. The fourth-order valence-corrected chi connectivity index (χ4v) is 2.19. The predicted octanol–water partition coefficient (Wildman–Crippen LogP) is 3.31. The van der Waals surface area contributed by atoms with E-state index in [1.165, 1.54) is 5.56 Å². The normalized spacial score (nSPS) is 10.6. The van der Waals surface area contributed by atoms with Gasteiger partial charge in [0, 0.05) is 32.2 Å². The summed E-state index contributed by atoms with van der Waals surface area (Å²) in [6.45, 7) is 0.772. The SMILES string of the molecule is CN(C)c1ccc(NCc2ccc3ncccc3c2)cn1. The summed E-state index contributed by atoms with van der Waals surface area (Å²) in [5.74, 6) is 0.956. The molecular weight excluding hydrogens is 260 g/mol. The Labute approximate surface area is 124 Å². The minimum Gasteiger partial charge on any atom is -0.380 e. The molecule has 0 unspecified atom stereocenters. The van der Waals surface area contributed by atoms with Crippen molar-refractivity contribution < 1.29 is 0 Å². The molecule has 1 N–H and O–H groups in total. The van der Waals surface area contributed by atoms with Gasteiger partial charge < -0.3 is 10.2 Å². The maximum absolute atomic E-state index is 4.39. The standard InChI is InChI=1S/C17H18N4/c1-21(2)17-8-6-15(12-20-17)19-11-13-5-7-16-14(10-13)4-3-9-18-16/h3-10,12,19H,11H2,1-2H3. The van der Waals surface area contributed by atoms with Crippen molar-refractivity contribution in [1.82, 2.24) is 9.97 Å². The number of hydrogen-bond acceptors (Lipinski definition) is 4. The third-order valence-corrected chi connectivity index (χ3v) is 3.37. The second kappa shape index (κ2) is 5.79. The Morgan fingerprint density at radius 1 is 1.05 bits per heavy atom. The van der Waals surface area contributed by atoms with E-state index in [0.717, 1.165) is 29.0 Å².